The van der Waals surface area contributed by atoms with E-state index >= 15 is 0 Å². The molecule has 3 atom stereocenters. The third-order valence-corrected chi connectivity index (χ3v) is 10.2. The maximum atomic E-state index is 13.1. The number of carbonyl (C=O) groups is 2. The number of cyclic esters (lactones) is 1. The van der Waals surface area contributed by atoms with Crippen LogP contribution >= 0.6 is 0 Å². The Kier molecular flexibility index (Phi) is 9.77. The molecule has 0 spiro atoms. The first-order valence-corrected chi connectivity index (χ1v) is 17.0. The second-order valence-electron chi connectivity index (χ2n) is 14.1. The van der Waals surface area contributed by atoms with Crippen molar-refractivity contribution in [3.8, 4) is 28.7 Å². The van der Waals surface area contributed by atoms with E-state index in [9.17, 15) is 9.59 Å². The highest BCUT2D eigenvalue weighted by Gasteiger charge is 2.48. The van der Waals surface area contributed by atoms with Crippen molar-refractivity contribution in [1.29, 1.82) is 0 Å². The van der Waals surface area contributed by atoms with E-state index in [-0.39, 0.29) is 41.7 Å². The maximum absolute atomic E-state index is 13.1. The molecule has 2 aromatic rings. The standard InChI is InChI=1S/C41H46O8/c1-24(13-14-31-26(3)12-9-15-41(31,4)5)10-8-11-25(2)16-36(42)49-39-34(44-6)19-28(20-35(39)45-7)37-30-21-33-32(47-23-48-33)18-27(30)17-29-22-46-40(43)38(29)37/h8,10-11,13-14,16,18-21,29,37-38H,9,12,15,17,22-23H2,1-7H3/b11-8+,14-13+,24-10+,25-16+/t29-,37+,38-/m0/s1. The highest BCUT2D eigenvalue weighted by molar-refractivity contribution is 5.86. The van der Waals surface area contributed by atoms with Gasteiger partial charge in [-0.1, -0.05) is 55.4 Å². The summed E-state index contributed by atoms with van der Waals surface area (Å²) >= 11 is 0. The van der Waals surface area contributed by atoms with E-state index in [0.717, 1.165) is 34.3 Å². The molecule has 2 aliphatic heterocycles. The number of hydrogen-bond donors (Lipinski definition) is 0. The lowest BCUT2D eigenvalue weighted by molar-refractivity contribution is -0.141. The molecule has 258 valence electrons. The van der Waals surface area contributed by atoms with E-state index in [1.165, 1.54) is 44.3 Å². The van der Waals surface area contributed by atoms with Crippen LogP contribution in [0.1, 0.15) is 76.5 Å². The number of ether oxygens (including phenoxy) is 6. The zero-order valence-electron chi connectivity index (χ0n) is 29.5. The molecule has 0 N–H and O–H groups in total. The van der Waals surface area contributed by atoms with Gasteiger partial charge in [-0.15, -0.1) is 0 Å². The average Bonchev–Trinajstić information content (AvgIpc) is 3.67. The van der Waals surface area contributed by atoms with Gasteiger partial charge in [0.2, 0.25) is 12.5 Å². The number of hydrogen-bond acceptors (Lipinski definition) is 8. The van der Waals surface area contributed by atoms with Crippen LogP contribution in [-0.2, 0) is 20.7 Å². The molecular formula is C41H46O8. The van der Waals surface area contributed by atoms with Gasteiger partial charge < -0.3 is 28.4 Å². The summed E-state index contributed by atoms with van der Waals surface area (Å²) in [6, 6.07) is 7.58. The van der Waals surface area contributed by atoms with Gasteiger partial charge in [0.15, 0.2) is 23.0 Å². The Bertz CT molecular complexity index is 1780. The summed E-state index contributed by atoms with van der Waals surface area (Å²) in [7, 11) is 3.02. The lowest BCUT2D eigenvalue weighted by atomic mass is 9.67. The van der Waals surface area contributed by atoms with Gasteiger partial charge in [0.25, 0.3) is 0 Å². The first-order chi connectivity index (χ1) is 23.5. The van der Waals surface area contributed by atoms with E-state index in [2.05, 4.69) is 39.8 Å². The fourth-order valence-corrected chi connectivity index (χ4v) is 7.68. The number of carbonyl (C=O) groups excluding carboxylic acids is 2. The molecular weight excluding hydrogens is 620 g/mol. The minimum Gasteiger partial charge on any atom is -0.493 e. The van der Waals surface area contributed by atoms with Crippen LogP contribution in [-0.4, -0.2) is 39.6 Å². The Hall–Kier alpha value is -4.72. The van der Waals surface area contributed by atoms with E-state index in [4.69, 9.17) is 28.4 Å². The monoisotopic (exact) mass is 666 g/mol. The molecule has 0 unspecified atom stereocenters. The molecule has 1 saturated heterocycles. The van der Waals surface area contributed by atoms with E-state index < -0.39 is 5.97 Å². The second kappa shape index (κ2) is 14.0. The number of esters is 2. The Labute approximate surface area is 289 Å². The van der Waals surface area contributed by atoms with Crippen LogP contribution in [0.25, 0.3) is 0 Å². The topological polar surface area (TPSA) is 89.5 Å². The Morgan fingerprint density at radius 2 is 1.67 bits per heavy atom. The largest absolute Gasteiger partial charge is 0.493 e. The lowest BCUT2D eigenvalue weighted by Crippen LogP contribution is -2.31. The van der Waals surface area contributed by atoms with Crippen molar-refractivity contribution in [1.82, 2.24) is 0 Å². The fraction of sp³-hybridized carbons (Fsp3) is 0.415. The molecule has 0 bridgehead atoms. The molecule has 0 saturated carbocycles. The summed E-state index contributed by atoms with van der Waals surface area (Å²) in [4.78, 5) is 26.2. The van der Waals surface area contributed by atoms with Gasteiger partial charge in [-0.3, -0.25) is 4.79 Å². The van der Waals surface area contributed by atoms with Crippen LogP contribution < -0.4 is 23.7 Å². The quantitative estimate of drug-likeness (QED) is 0.114. The van der Waals surface area contributed by atoms with Crippen molar-refractivity contribution in [2.45, 2.75) is 66.2 Å². The Morgan fingerprint density at radius 3 is 2.37 bits per heavy atom. The predicted octanol–water partition coefficient (Wildman–Crippen LogP) is 8.35. The molecule has 2 aliphatic carbocycles. The smallest absolute Gasteiger partial charge is 0.336 e. The molecule has 0 aromatic heterocycles. The zero-order valence-corrected chi connectivity index (χ0v) is 29.5. The summed E-state index contributed by atoms with van der Waals surface area (Å²) in [5, 5.41) is 0. The first kappa shape index (κ1) is 34.2. The van der Waals surface area contributed by atoms with Crippen LogP contribution in [0.5, 0.6) is 28.7 Å². The fourth-order valence-electron chi connectivity index (χ4n) is 7.68. The van der Waals surface area contributed by atoms with E-state index in [1.807, 2.05) is 49.4 Å². The molecule has 6 rings (SSSR count). The minimum atomic E-state index is -0.566. The summed E-state index contributed by atoms with van der Waals surface area (Å²) < 4.78 is 34.1. The first-order valence-electron chi connectivity index (χ1n) is 17.0. The molecule has 8 heteroatoms. The number of fused-ring (bicyclic) bond motifs is 3. The van der Waals surface area contributed by atoms with Crippen LogP contribution in [0.3, 0.4) is 0 Å². The minimum absolute atomic E-state index is 0.0151. The lowest BCUT2D eigenvalue weighted by Gasteiger charge is -2.34. The van der Waals surface area contributed by atoms with E-state index in [1.54, 1.807) is 0 Å². The molecule has 8 nitrogen and oxygen atoms in total. The second-order valence-corrected chi connectivity index (χ2v) is 14.1. The normalized spacial score (nSPS) is 23.1. The van der Waals surface area contributed by atoms with Gasteiger partial charge in [0, 0.05) is 17.9 Å². The van der Waals surface area contributed by atoms with Gasteiger partial charge in [0.05, 0.1) is 26.7 Å². The van der Waals surface area contributed by atoms with Crippen LogP contribution in [0.15, 0.2) is 83.0 Å². The molecule has 0 amide bonds. The highest BCUT2D eigenvalue weighted by atomic mass is 16.7. The summed E-state index contributed by atoms with van der Waals surface area (Å²) in [5.74, 6) is 0.622. The summed E-state index contributed by atoms with van der Waals surface area (Å²) in [6.45, 7) is 11.3. The van der Waals surface area contributed by atoms with Crippen molar-refractivity contribution in [2.75, 3.05) is 27.6 Å². The van der Waals surface area contributed by atoms with Crippen molar-refractivity contribution in [3.63, 3.8) is 0 Å². The maximum Gasteiger partial charge on any atom is 0.336 e. The summed E-state index contributed by atoms with van der Waals surface area (Å²) in [6.07, 6.45) is 16.0. The highest BCUT2D eigenvalue weighted by Crippen LogP contribution is 2.52. The van der Waals surface area contributed by atoms with Gasteiger partial charge in [-0.2, -0.15) is 0 Å². The number of methoxy groups -OCH3 is 2. The van der Waals surface area contributed by atoms with Crippen LogP contribution in [0, 0.1) is 17.3 Å². The van der Waals surface area contributed by atoms with Crippen molar-refractivity contribution in [3.05, 3.63) is 99.7 Å². The molecule has 2 heterocycles. The van der Waals surface area contributed by atoms with Gasteiger partial charge in [-0.05, 0) is 104 Å². The number of allylic oxidation sites excluding steroid dienone is 9. The molecule has 1 fully saturated rings. The van der Waals surface area contributed by atoms with Crippen molar-refractivity contribution < 1.29 is 38.0 Å². The van der Waals surface area contributed by atoms with Crippen LogP contribution in [0.2, 0.25) is 0 Å². The predicted molar refractivity (Wildman–Crippen MR) is 187 cm³/mol. The third-order valence-electron chi connectivity index (χ3n) is 10.2. The van der Waals surface area contributed by atoms with Crippen molar-refractivity contribution >= 4 is 11.9 Å². The number of benzene rings is 2. The SMILES string of the molecule is COc1cc([C@@H]2c3cc4c(cc3C[C@H]3COC(=O)[C@@H]32)OCO4)cc(OC)c1OC(=O)/C=C(C)/C=C/C=C(C)/C=C/C1=C(C)CCCC1(C)C. The van der Waals surface area contributed by atoms with E-state index in [0.29, 0.717) is 36.0 Å². The summed E-state index contributed by atoms with van der Waals surface area (Å²) in [5.41, 5.74) is 7.76. The average molecular weight is 667 g/mol. The van der Waals surface area contributed by atoms with Gasteiger partial charge >= 0.3 is 11.9 Å². The molecule has 49 heavy (non-hydrogen) atoms. The van der Waals surface area contributed by atoms with Crippen molar-refractivity contribution in [2.24, 2.45) is 17.3 Å². The third kappa shape index (κ3) is 7.05. The van der Waals surface area contributed by atoms with Gasteiger partial charge in [-0.25, -0.2) is 4.79 Å². The molecule has 0 radical (unpaired) electrons. The Morgan fingerprint density at radius 1 is 0.959 bits per heavy atom. The van der Waals surface area contributed by atoms with Crippen LogP contribution in [0.4, 0.5) is 0 Å². The Balaban J connectivity index is 1.21. The molecule has 2 aromatic carbocycles. The van der Waals surface area contributed by atoms with Gasteiger partial charge in [0.1, 0.15) is 0 Å². The zero-order chi connectivity index (χ0) is 34.9. The number of rotatable bonds is 9. The molecule has 4 aliphatic rings.